The summed E-state index contributed by atoms with van der Waals surface area (Å²) in [5.74, 6) is -1.27. The molecule has 0 fully saturated rings. The second-order valence-corrected chi connectivity index (χ2v) is 5.80. The number of alkyl halides is 3. The van der Waals surface area contributed by atoms with Crippen LogP contribution >= 0.6 is 0 Å². The van der Waals surface area contributed by atoms with Crippen molar-refractivity contribution in [2.45, 2.75) is 32.4 Å². The topological polar surface area (TPSA) is 68.0 Å². The van der Waals surface area contributed by atoms with E-state index in [0.717, 1.165) is 16.8 Å². The second kappa shape index (κ2) is 5.11. The molecule has 2 rings (SSSR count). The van der Waals surface area contributed by atoms with Crippen molar-refractivity contribution in [3.05, 3.63) is 41.2 Å². The fourth-order valence-corrected chi connectivity index (χ4v) is 2.09. The highest BCUT2D eigenvalue weighted by molar-refractivity contribution is 5.87. The summed E-state index contributed by atoms with van der Waals surface area (Å²) in [6, 6.07) is 4.52. The Balaban J connectivity index is 2.66. The molecule has 0 saturated carbocycles. The summed E-state index contributed by atoms with van der Waals surface area (Å²) >= 11 is 0. The van der Waals surface area contributed by atoms with Crippen molar-refractivity contribution in [3.63, 3.8) is 0 Å². The van der Waals surface area contributed by atoms with E-state index in [-0.39, 0.29) is 17.1 Å². The van der Waals surface area contributed by atoms with Gasteiger partial charge in [-0.2, -0.15) is 13.2 Å². The second-order valence-electron chi connectivity index (χ2n) is 5.80. The molecule has 22 heavy (non-hydrogen) atoms. The Bertz CT molecular complexity index is 715. The van der Waals surface area contributed by atoms with Crippen LogP contribution in [0.4, 0.5) is 13.2 Å². The van der Waals surface area contributed by atoms with Gasteiger partial charge in [-0.3, -0.25) is 0 Å². The average molecular weight is 313 g/mol. The van der Waals surface area contributed by atoms with Gasteiger partial charge in [-0.25, -0.2) is 9.48 Å². The van der Waals surface area contributed by atoms with Gasteiger partial charge in [0.1, 0.15) is 0 Å². The summed E-state index contributed by atoms with van der Waals surface area (Å²) in [5, 5.41) is 16.5. The first-order valence-corrected chi connectivity index (χ1v) is 6.39. The lowest BCUT2D eigenvalue weighted by Gasteiger charge is -2.20. The maximum atomic E-state index is 12.8. The monoisotopic (exact) mass is 313 g/mol. The summed E-state index contributed by atoms with van der Waals surface area (Å²) in [5.41, 5.74) is -1.42. The molecule has 8 heteroatoms. The van der Waals surface area contributed by atoms with Crippen LogP contribution in [0.2, 0.25) is 0 Å². The van der Waals surface area contributed by atoms with Gasteiger partial charge in [0.2, 0.25) is 0 Å². The van der Waals surface area contributed by atoms with E-state index in [1.165, 1.54) is 12.1 Å². The van der Waals surface area contributed by atoms with Crippen LogP contribution in [0.25, 0.3) is 5.69 Å². The third-order valence-corrected chi connectivity index (χ3v) is 3.00. The fourth-order valence-electron chi connectivity index (χ4n) is 2.09. The Morgan fingerprint density at radius 1 is 1.23 bits per heavy atom. The number of hydrogen-bond acceptors (Lipinski definition) is 3. The number of carbonyl (C=O) groups is 1. The van der Waals surface area contributed by atoms with E-state index in [1.807, 2.05) is 0 Å². The minimum atomic E-state index is -4.49. The lowest BCUT2D eigenvalue weighted by molar-refractivity contribution is -0.137. The van der Waals surface area contributed by atoms with Crippen molar-refractivity contribution in [1.82, 2.24) is 15.0 Å². The van der Waals surface area contributed by atoms with Crippen LogP contribution in [0.3, 0.4) is 0 Å². The molecule has 2 aromatic rings. The first-order valence-electron chi connectivity index (χ1n) is 6.39. The Morgan fingerprint density at radius 2 is 1.86 bits per heavy atom. The minimum absolute atomic E-state index is 0.111. The molecule has 0 bridgehead atoms. The molecular formula is C14H14F3N3O2. The molecule has 0 unspecified atom stereocenters. The Kier molecular flexibility index (Phi) is 3.72. The van der Waals surface area contributed by atoms with E-state index in [1.54, 1.807) is 20.8 Å². The number of aromatic nitrogens is 3. The van der Waals surface area contributed by atoms with Crippen LogP contribution in [-0.2, 0) is 11.6 Å². The molecule has 0 saturated heterocycles. The number of carboxylic acids is 1. The number of rotatable bonds is 2. The van der Waals surface area contributed by atoms with Crippen LogP contribution in [0.5, 0.6) is 0 Å². The van der Waals surface area contributed by atoms with Crippen molar-refractivity contribution >= 4 is 5.97 Å². The van der Waals surface area contributed by atoms with E-state index in [2.05, 4.69) is 10.3 Å². The first kappa shape index (κ1) is 16.0. The highest BCUT2D eigenvalue weighted by Gasteiger charge is 2.33. The van der Waals surface area contributed by atoms with E-state index in [0.29, 0.717) is 0 Å². The predicted molar refractivity (Wildman–Crippen MR) is 72.0 cm³/mol. The SMILES string of the molecule is CC(C)(C)c1c(C(=O)O)nnn1-c1cccc(C(F)(F)F)c1. The zero-order chi connectivity index (χ0) is 16.7. The van der Waals surface area contributed by atoms with Crippen LogP contribution in [-0.4, -0.2) is 26.1 Å². The van der Waals surface area contributed by atoms with Crippen LogP contribution in [0, 0.1) is 0 Å². The van der Waals surface area contributed by atoms with Gasteiger partial charge in [0, 0.05) is 5.41 Å². The van der Waals surface area contributed by atoms with E-state index in [4.69, 9.17) is 0 Å². The molecular weight excluding hydrogens is 299 g/mol. The number of halogens is 3. The Morgan fingerprint density at radius 3 is 2.36 bits per heavy atom. The highest BCUT2D eigenvalue weighted by Crippen LogP contribution is 2.32. The molecule has 1 N–H and O–H groups in total. The van der Waals surface area contributed by atoms with Gasteiger partial charge in [-0.1, -0.05) is 32.1 Å². The molecule has 0 amide bonds. The molecule has 0 aliphatic heterocycles. The number of nitrogens with zero attached hydrogens (tertiary/aromatic N) is 3. The van der Waals surface area contributed by atoms with E-state index in [9.17, 15) is 23.1 Å². The number of hydrogen-bond donors (Lipinski definition) is 1. The van der Waals surface area contributed by atoms with Crippen molar-refractivity contribution < 1.29 is 23.1 Å². The molecule has 1 heterocycles. The largest absolute Gasteiger partial charge is 0.476 e. The maximum absolute atomic E-state index is 12.8. The van der Waals surface area contributed by atoms with Crippen LogP contribution in [0.15, 0.2) is 24.3 Å². The maximum Gasteiger partial charge on any atom is 0.416 e. The summed E-state index contributed by atoms with van der Waals surface area (Å²) in [6.45, 7) is 5.22. The standard InChI is InChI=1S/C14H14F3N3O2/c1-13(2,3)11-10(12(21)22)18-19-20(11)9-6-4-5-8(7-9)14(15,16)17/h4-7H,1-3H3,(H,21,22). The summed E-state index contributed by atoms with van der Waals surface area (Å²) in [4.78, 5) is 11.2. The third kappa shape index (κ3) is 2.95. The molecule has 1 aromatic carbocycles. The van der Waals surface area contributed by atoms with Gasteiger partial charge in [-0.05, 0) is 18.2 Å². The summed E-state index contributed by atoms with van der Waals surface area (Å²) < 4.78 is 39.6. The average Bonchev–Trinajstić information content (AvgIpc) is 2.82. The van der Waals surface area contributed by atoms with Gasteiger partial charge in [0.05, 0.1) is 16.9 Å². The van der Waals surface area contributed by atoms with Gasteiger partial charge < -0.3 is 5.11 Å². The molecule has 0 atom stereocenters. The molecule has 5 nitrogen and oxygen atoms in total. The zero-order valence-electron chi connectivity index (χ0n) is 12.1. The highest BCUT2D eigenvalue weighted by atomic mass is 19.4. The Hall–Kier alpha value is -2.38. The van der Waals surface area contributed by atoms with Gasteiger partial charge in [0.15, 0.2) is 5.69 Å². The lowest BCUT2D eigenvalue weighted by atomic mass is 9.90. The minimum Gasteiger partial charge on any atom is -0.476 e. The Labute approximate surface area is 124 Å². The van der Waals surface area contributed by atoms with Crippen molar-refractivity contribution in [1.29, 1.82) is 0 Å². The number of aromatic carboxylic acids is 1. The van der Waals surface area contributed by atoms with Crippen molar-refractivity contribution in [3.8, 4) is 5.69 Å². The number of carboxylic acid groups (broad SMARTS) is 1. The number of benzene rings is 1. The van der Waals surface area contributed by atoms with Gasteiger partial charge in [-0.15, -0.1) is 5.10 Å². The molecule has 0 radical (unpaired) electrons. The molecule has 0 aliphatic rings. The van der Waals surface area contributed by atoms with Gasteiger partial charge in [0.25, 0.3) is 0 Å². The molecule has 0 spiro atoms. The fraction of sp³-hybridized carbons (Fsp3) is 0.357. The normalized spacial score (nSPS) is 12.5. The van der Waals surface area contributed by atoms with E-state index >= 15 is 0 Å². The van der Waals surface area contributed by atoms with Crippen LogP contribution in [0.1, 0.15) is 42.5 Å². The smallest absolute Gasteiger partial charge is 0.416 e. The van der Waals surface area contributed by atoms with Gasteiger partial charge >= 0.3 is 12.1 Å². The molecule has 1 aromatic heterocycles. The predicted octanol–water partition coefficient (Wildman–Crippen LogP) is 3.28. The first-order chi connectivity index (χ1) is 10.0. The summed E-state index contributed by atoms with van der Waals surface area (Å²) in [7, 11) is 0. The quantitative estimate of drug-likeness (QED) is 0.924. The lowest BCUT2D eigenvalue weighted by Crippen LogP contribution is -2.21. The van der Waals surface area contributed by atoms with Crippen molar-refractivity contribution in [2.24, 2.45) is 0 Å². The third-order valence-electron chi connectivity index (χ3n) is 3.00. The van der Waals surface area contributed by atoms with Crippen LogP contribution < -0.4 is 0 Å². The van der Waals surface area contributed by atoms with E-state index < -0.39 is 23.1 Å². The molecule has 0 aliphatic carbocycles. The zero-order valence-corrected chi connectivity index (χ0v) is 12.1. The summed E-state index contributed by atoms with van der Waals surface area (Å²) in [6.07, 6.45) is -4.49. The van der Waals surface area contributed by atoms with Crippen molar-refractivity contribution in [2.75, 3.05) is 0 Å². The molecule has 118 valence electrons.